The maximum Gasteiger partial charge on any atom is 0.119 e. The molecule has 0 aliphatic heterocycles. The van der Waals surface area contributed by atoms with E-state index in [2.05, 4.69) is 0 Å². The largest absolute Gasteiger partial charge is 0.490 e. The number of aryl methyl sites for hydroxylation is 1. The normalized spacial score (nSPS) is 26.6. The van der Waals surface area contributed by atoms with Crippen molar-refractivity contribution in [3.8, 4) is 5.75 Å². The molecule has 0 amide bonds. The number of benzene rings is 1. The van der Waals surface area contributed by atoms with Crippen molar-refractivity contribution in [2.24, 2.45) is 0 Å². The van der Waals surface area contributed by atoms with Crippen LogP contribution < -0.4 is 4.74 Å². The molecule has 1 fully saturated rings. The Balaban J connectivity index is 1.94. The van der Waals surface area contributed by atoms with Crippen LogP contribution in [0, 0.1) is 6.92 Å². The van der Waals surface area contributed by atoms with Gasteiger partial charge in [-0.25, -0.2) is 0 Å². The van der Waals surface area contributed by atoms with Crippen LogP contribution in [-0.4, -0.2) is 17.3 Å². The van der Waals surface area contributed by atoms with Gasteiger partial charge in [0.25, 0.3) is 0 Å². The fourth-order valence-electron chi connectivity index (χ4n) is 1.52. The van der Waals surface area contributed by atoms with Crippen LogP contribution >= 0.6 is 0 Å². The van der Waals surface area contributed by atoms with Crippen molar-refractivity contribution < 1.29 is 9.84 Å². The minimum absolute atomic E-state index is 0.144. The number of aliphatic hydroxyl groups excluding tert-OH is 1. The summed E-state index contributed by atoms with van der Waals surface area (Å²) >= 11 is 0. The molecule has 1 aromatic rings. The van der Waals surface area contributed by atoms with Gasteiger partial charge in [0.2, 0.25) is 0 Å². The first-order valence-electron chi connectivity index (χ1n) is 4.65. The molecule has 1 aliphatic rings. The van der Waals surface area contributed by atoms with E-state index < -0.39 is 0 Å². The highest BCUT2D eigenvalue weighted by molar-refractivity contribution is 5.27. The Kier molecular flexibility index (Phi) is 2.23. The summed E-state index contributed by atoms with van der Waals surface area (Å²) in [5, 5.41) is 9.07. The second-order valence-corrected chi connectivity index (χ2v) is 3.68. The van der Waals surface area contributed by atoms with E-state index in [-0.39, 0.29) is 12.2 Å². The molecule has 0 aromatic heterocycles. The van der Waals surface area contributed by atoms with E-state index in [1.165, 1.54) is 5.56 Å². The van der Waals surface area contributed by atoms with Crippen LogP contribution in [0.2, 0.25) is 0 Å². The maximum absolute atomic E-state index is 9.07. The van der Waals surface area contributed by atoms with Gasteiger partial charge in [-0.15, -0.1) is 0 Å². The van der Waals surface area contributed by atoms with Gasteiger partial charge in [-0.05, 0) is 24.6 Å². The van der Waals surface area contributed by atoms with Crippen molar-refractivity contribution in [3.63, 3.8) is 0 Å². The van der Waals surface area contributed by atoms with Crippen LogP contribution in [0.15, 0.2) is 24.3 Å². The van der Waals surface area contributed by atoms with Crippen molar-refractivity contribution in [2.45, 2.75) is 32.0 Å². The molecule has 0 heterocycles. The van der Waals surface area contributed by atoms with Gasteiger partial charge in [0, 0.05) is 12.8 Å². The van der Waals surface area contributed by atoms with Gasteiger partial charge >= 0.3 is 0 Å². The fraction of sp³-hybridized carbons (Fsp3) is 0.455. The van der Waals surface area contributed by atoms with Crippen LogP contribution in [0.25, 0.3) is 0 Å². The highest BCUT2D eigenvalue weighted by atomic mass is 16.5. The molecule has 1 N–H and O–H groups in total. The van der Waals surface area contributed by atoms with Crippen LogP contribution in [-0.2, 0) is 0 Å². The van der Waals surface area contributed by atoms with Gasteiger partial charge in [0.05, 0.1) is 6.10 Å². The van der Waals surface area contributed by atoms with Crippen LogP contribution in [0.3, 0.4) is 0 Å². The molecule has 2 nitrogen and oxygen atoms in total. The molecule has 2 heteroatoms. The van der Waals surface area contributed by atoms with Crippen molar-refractivity contribution in [2.75, 3.05) is 0 Å². The summed E-state index contributed by atoms with van der Waals surface area (Å²) in [4.78, 5) is 0. The third-order valence-electron chi connectivity index (χ3n) is 2.36. The Hall–Kier alpha value is -1.02. The Morgan fingerprint density at radius 3 is 2.77 bits per heavy atom. The SMILES string of the molecule is Cc1cccc(OC2CC(O)C2)c1. The highest BCUT2D eigenvalue weighted by Crippen LogP contribution is 2.25. The summed E-state index contributed by atoms with van der Waals surface area (Å²) < 4.78 is 5.64. The average Bonchev–Trinajstić information content (AvgIpc) is 2.01. The fourth-order valence-corrected chi connectivity index (χ4v) is 1.52. The third kappa shape index (κ3) is 2.01. The first kappa shape index (κ1) is 8.57. The lowest BCUT2D eigenvalue weighted by Crippen LogP contribution is -2.37. The van der Waals surface area contributed by atoms with Crippen LogP contribution in [0.4, 0.5) is 0 Å². The molecule has 1 saturated carbocycles. The van der Waals surface area contributed by atoms with E-state index in [1.54, 1.807) is 0 Å². The molecule has 0 unspecified atom stereocenters. The molecule has 70 valence electrons. The molecule has 13 heavy (non-hydrogen) atoms. The second-order valence-electron chi connectivity index (χ2n) is 3.68. The van der Waals surface area contributed by atoms with Gasteiger partial charge in [-0.1, -0.05) is 12.1 Å². The monoisotopic (exact) mass is 178 g/mol. The number of rotatable bonds is 2. The Morgan fingerprint density at radius 2 is 2.15 bits per heavy atom. The first-order chi connectivity index (χ1) is 6.24. The van der Waals surface area contributed by atoms with Gasteiger partial charge in [-0.3, -0.25) is 0 Å². The predicted molar refractivity (Wildman–Crippen MR) is 50.8 cm³/mol. The van der Waals surface area contributed by atoms with E-state index in [9.17, 15) is 0 Å². The highest BCUT2D eigenvalue weighted by Gasteiger charge is 2.28. The zero-order valence-electron chi connectivity index (χ0n) is 7.73. The quantitative estimate of drug-likeness (QED) is 0.749. The number of hydrogen-bond donors (Lipinski definition) is 1. The van der Waals surface area contributed by atoms with Crippen molar-refractivity contribution in [3.05, 3.63) is 29.8 Å². The molecule has 2 rings (SSSR count). The Bertz CT molecular complexity index is 290. The third-order valence-corrected chi connectivity index (χ3v) is 2.36. The number of ether oxygens (including phenoxy) is 1. The summed E-state index contributed by atoms with van der Waals surface area (Å²) in [6, 6.07) is 8.00. The molecule has 0 atom stereocenters. The molecule has 1 aromatic carbocycles. The van der Waals surface area contributed by atoms with Gasteiger partial charge in [-0.2, -0.15) is 0 Å². The molecule has 0 saturated heterocycles. The zero-order chi connectivity index (χ0) is 9.26. The minimum atomic E-state index is -0.144. The van der Waals surface area contributed by atoms with Gasteiger partial charge in [0.15, 0.2) is 0 Å². The summed E-state index contributed by atoms with van der Waals surface area (Å²) in [7, 11) is 0. The summed E-state index contributed by atoms with van der Waals surface area (Å²) in [6.07, 6.45) is 1.62. The number of hydrogen-bond acceptors (Lipinski definition) is 2. The lowest BCUT2D eigenvalue weighted by atomic mass is 9.92. The molecule has 0 spiro atoms. The predicted octanol–water partition coefficient (Wildman–Crippen LogP) is 1.90. The van der Waals surface area contributed by atoms with E-state index in [1.807, 2.05) is 31.2 Å². The smallest absolute Gasteiger partial charge is 0.119 e. The zero-order valence-corrected chi connectivity index (χ0v) is 7.73. The molecular formula is C11H14O2. The first-order valence-corrected chi connectivity index (χ1v) is 4.65. The van der Waals surface area contributed by atoms with E-state index in [0.717, 1.165) is 18.6 Å². The van der Waals surface area contributed by atoms with Crippen molar-refractivity contribution in [1.29, 1.82) is 0 Å². The van der Waals surface area contributed by atoms with Crippen LogP contribution in [0.5, 0.6) is 5.75 Å². The lowest BCUT2D eigenvalue weighted by Gasteiger charge is -2.31. The van der Waals surface area contributed by atoms with Crippen LogP contribution in [0.1, 0.15) is 18.4 Å². The van der Waals surface area contributed by atoms with E-state index >= 15 is 0 Å². The number of aliphatic hydroxyl groups is 1. The summed E-state index contributed by atoms with van der Waals surface area (Å²) in [6.45, 7) is 2.04. The van der Waals surface area contributed by atoms with E-state index in [4.69, 9.17) is 9.84 Å². The molecule has 0 radical (unpaired) electrons. The Morgan fingerprint density at radius 1 is 1.38 bits per heavy atom. The lowest BCUT2D eigenvalue weighted by molar-refractivity contribution is -0.0107. The Labute approximate surface area is 78.2 Å². The minimum Gasteiger partial charge on any atom is -0.490 e. The molecule has 0 bridgehead atoms. The average molecular weight is 178 g/mol. The van der Waals surface area contributed by atoms with E-state index in [0.29, 0.717) is 0 Å². The maximum atomic E-state index is 9.07. The van der Waals surface area contributed by atoms with Crippen molar-refractivity contribution >= 4 is 0 Å². The summed E-state index contributed by atoms with van der Waals surface area (Å²) in [5.41, 5.74) is 1.21. The topological polar surface area (TPSA) is 29.5 Å². The summed E-state index contributed by atoms with van der Waals surface area (Å²) in [5.74, 6) is 0.914. The van der Waals surface area contributed by atoms with Crippen molar-refractivity contribution in [1.82, 2.24) is 0 Å². The second kappa shape index (κ2) is 3.38. The standard InChI is InChI=1S/C11H14O2/c1-8-3-2-4-10(5-8)13-11-6-9(12)7-11/h2-5,9,11-12H,6-7H2,1H3. The molecular weight excluding hydrogens is 164 g/mol. The molecule has 1 aliphatic carbocycles. The van der Waals surface area contributed by atoms with Gasteiger partial charge in [0.1, 0.15) is 11.9 Å². The van der Waals surface area contributed by atoms with Gasteiger partial charge < -0.3 is 9.84 Å².